The molecule has 134 valence electrons. The number of hydrogen-bond donors (Lipinski definition) is 3. The Balaban J connectivity index is 1.97. The highest BCUT2D eigenvalue weighted by atomic mass is 32.1. The van der Waals surface area contributed by atoms with Crippen LogP contribution >= 0.6 is 12.2 Å². The number of benzene rings is 2. The molecule has 0 saturated carbocycles. The van der Waals surface area contributed by atoms with Crippen molar-refractivity contribution in [1.29, 1.82) is 0 Å². The van der Waals surface area contributed by atoms with Gasteiger partial charge in [0, 0.05) is 5.70 Å². The van der Waals surface area contributed by atoms with E-state index >= 15 is 0 Å². The smallest absolute Gasteiger partial charge is 0.255 e. The van der Waals surface area contributed by atoms with Crippen LogP contribution in [0.4, 0.5) is 5.69 Å². The van der Waals surface area contributed by atoms with Crippen molar-refractivity contribution in [2.24, 2.45) is 0 Å². The molecule has 1 atom stereocenters. The number of para-hydroxylation sites is 2. The molecule has 0 saturated heterocycles. The van der Waals surface area contributed by atoms with E-state index in [-0.39, 0.29) is 11.9 Å². The van der Waals surface area contributed by atoms with Gasteiger partial charge in [-0.05, 0) is 43.8 Å². The van der Waals surface area contributed by atoms with Crippen LogP contribution in [0.2, 0.25) is 0 Å². The molecule has 1 aliphatic heterocycles. The third-order valence-electron chi connectivity index (χ3n) is 4.24. The lowest BCUT2D eigenvalue weighted by atomic mass is 9.94. The summed E-state index contributed by atoms with van der Waals surface area (Å²) in [6, 6.07) is 15.0. The third-order valence-corrected chi connectivity index (χ3v) is 4.46. The van der Waals surface area contributed by atoms with Gasteiger partial charge in [0.2, 0.25) is 0 Å². The molecule has 0 aromatic heterocycles. The molecular weight excluding hydrogens is 346 g/mol. The van der Waals surface area contributed by atoms with E-state index in [1.807, 2.05) is 50.2 Å². The zero-order valence-electron chi connectivity index (χ0n) is 14.9. The summed E-state index contributed by atoms with van der Waals surface area (Å²) in [4.78, 5) is 13.1. The van der Waals surface area contributed by atoms with Crippen molar-refractivity contribution >= 4 is 28.9 Å². The van der Waals surface area contributed by atoms with Crippen molar-refractivity contribution in [3.63, 3.8) is 0 Å². The van der Waals surface area contributed by atoms with E-state index in [1.54, 1.807) is 13.2 Å². The van der Waals surface area contributed by atoms with Gasteiger partial charge in [-0.2, -0.15) is 0 Å². The quantitative estimate of drug-likeness (QED) is 0.723. The Kier molecular flexibility index (Phi) is 5.23. The van der Waals surface area contributed by atoms with Crippen LogP contribution in [-0.4, -0.2) is 18.1 Å². The van der Waals surface area contributed by atoms with Gasteiger partial charge in [0.15, 0.2) is 5.11 Å². The zero-order valence-corrected chi connectivity index (χ0v) is 15.7. The van der Waals surface area contributed by atoms with E-state index in [2.05, 4.69) is 22.0 Å². The Bertz CT molecular complexity index is 892. The van der Waals surface area contributed by atoms with E-state index < -0.39 is 0 Å². The van der Waals surface area contributed by atoms with Crippen LogP contribution < -0.4 is 20.7 Å². The first-order valence-corrected chi connectivity index (χ1v) is 8.69. The number of aryl methyl sites for hydroxylation is 1. The van der Waals surface area contributed by atoms with Gasteiger partial charge >= 0.3 is 0 Å². The average Bonchev–Trinajstić information content (AvgIpc) is 2.61. The molecule has 5 nitrogen and oxygen atoms in total. The second-order valence-corrected chi connectivity index (χ2v) is 6.55. The highest BCUT2D eigenvalue weighted by Gasteiger charge is 2.30. The number of amides is 1. The van der Waals surface area contributed by atoms with Crippen molar-refractivity contribution in [2.45, 2.75) is 19.9 Å². The van der Waals surface area contributed by atoms with Crippen molar-refractivity contribution in [3.05, 3.63) is 70.9 Å². The molecule has 1 aliphatic rings. The second kappa shape index (κ2) is 7.58. The van der Waals surface area contributed by atoms with Gasteiger partial charge in [-0.15, -0.1) is 0 Å². The number of carbonyl (C=O) groups excluding carboxylic acids is 1. The van der Waals surface area contributed by atoms with Crippen LogP contribution in [0.25, 0.3) is 0 Å². The lowest BCUT2D eigenvalue weighted by molar-refractivity contribution is -0.113. The number of hydrogen-bond acceptors (Lipinski definition) is 3. The highest BCUT2D eigenvalue weighted by Crippen LogP contribution is 2.30. The Morgan fingerprint density at radius 3 is 2.65 bits per heavy atom. The number of carbonyl (C=O) groups is 1. The number of methoxy groups -OCH3 is 1. The topological polar surface area (TPSA) is 62.4 Å². The molecule has 3 N–H and O–H groups in total. The molecule has 0 bridgehead atoms. The minimum absolute atomic E-state index is 0.207. The van der Waals surface area contributed by atoms with E-state index in [1.165, 1.54) is 0 Å². The minimum Gasteiger partial charge on any atom is -0.495 e. The van der Waals surface area contributed by atoms with Crippen molar-refractivity contribution in [2.75, 3.05) is 12.4 Å². The molecule has 1 amide bonds. The van der Waals surface area contributed by atoms with Gasteiger partial charge in [0.25, 0.3) is 5.91 Å². The molecule has 0 spiro atoms. The van der Waals surface area contributed by atoms with Crippen LogP contribution in [0.15, 0.2) is 59.8 Å². The van der Waals surface area contributed by atoms with Gasteiger partial charge in [-0.25, -0.2) is 0 Å². The summed E-state index contributed by atoms with van der Waals surface area (Å²) >= 11 is 5.29. The summed E-state index contributed by atoms with van der Waals surface area (Å²) in [6.45, 7) is 3.88. The Hall–Kier alpha value is -2.86. The Labute approximate surface area is 158 Å². The van der Waals surface area contributed by atoms with Gasteiger partial charge in [-0.1, -0.05) is 42.0 Å². The average molecular weight is 367 g/mol. The Morgan fingerprint density at radius 2 is 1.92 bits per heavy atom. The third kappa shape index (κ3) is 3.70. The molecular formula is C20H21N3O2S. The number of nitrogens with one attached hydrogen (secondary N) is 3. The number of ether oxygens (including phenoxy) is 1. The fraction of sp³-hybridized carbons (Fsp3) is 0.200. The largest absolute Gasteiger partial charge is 0.495 e. The maximum absolute atomic E-state index is 13.1. The molecule has 0 aliphatic carbocycles. The van der Waals surface area contributed by atoms with Crippen molar-refractivity contribution in [1.82, 2.24) is 10.6 Å². The maximum Gasteiger partial charge on any atom is 0.255 e. The number of thiocarbonyl (C=S) groups is 1. The first-order valence-electron chi connectivity index (χ1n) is 8.29. The summed E-state index contributed by atoms with van der Waals surface area (Å²) < 4.78 is 5.32. The molecule has 0 radical (unpaired) electrons. The minimum atomic E-state index is -0.321. The molecule has 26 heavy (non-hydrogen) atoms. The van der Waals surface area contributed by atoms with Crippen LogP contribution in [0.5, 0.6) is 5.75 Å². The van der Waals surface area contributed by atoms with Crippen LogP contribution in [0.1, 0.15) is 24.1 Å². The van der Waals surface area contributed by atoms with Gasteiger partial charge in [0.1, 0.15) is 5.75 Å². The number of allylic oxidation sites excluding steroid dienone is 1. The molecule has 2 aromatic rings. The molecule has 0 fully saturated rings. The fourth-order valence-electron chi connectivity index (χ4n) is 3.03. The lowest BCUT2D eigenvalue weighted by Crippen LogP contribution is -2.45. The predicted molar refractivity (Wildman–Crippen MR) is 107 cm³/mol. The van der Waals surface area contributed by atoms with E-state index in [9.17, 15) is 4.79 Å². The normalized spacial score (nSPS) is 16.6. The van der Waals surface area contributed by atoms with Crippen molar-refractivity contribution < 1.29 is 9.53 Å². The summed E-state index contributed by atoms with van der Waals surface area (Å²) in [5.41, 5.74) is 4.05. The molecule has 1 heterocycles. The van der Waals surface area contributed by atoms with Crippen molar-refractivity contribution in [3.8, 4) is 5.75 Å². The summed E-state index contributed by atoms with van der Waals surface area (Å²) in [5, 5.41) is 9.70. The maximum atomic E-state index is 13.1. The summed E-state index contributed by atoms with van der Waals surface area (Å²) in [5.74, 6) is 0.402. The molecule has 3 rings (SSSR count). The summed E-state index contributed by atoms with van der Waals surface area (Å²) in [7, 11) is 1.58. The fourth-order valence-corrected chi connectivity index (χ4v) is 3.30. The summed E-state index contributed by atoms with van der Waals surface area (Å²) in [6.07, 6.45) is 0. The SMILES string of the molecule is COc1ccccc1NC(=O)C1=C(C)NC(=S)N[C@@H]1c1cccc(C)c1. The number of rotatable bonds is 4. The van der Waals surface area contributed by atoms with E-state index in [0.717, 1.165) is 16.8 Å². The van der Waals surface area contributed by atoms with Crippen LogP contribution in [0.3, 0.4) is 0 Å². The van der Waals surface area contributed by atoms with Gasteiger partial charge in [-0.3, -0.25) is 4.79 Å². The highest BCUT2D eigenvalue weighted by molar-refractivity contribution is 7.80. The molecule has 6 heteroatoms. The van der Waals surface area contributed by atoms with Crippen LogP contribution in [-0.2, 0) is 4.79 Å². The Morgan fingerprint density at radius 1 is 1.15 bits per heavy atom. The van der Waals surface area contributed by atoms with Crippen LogP contribution in [0, 0.1) is 6.92 Å². The second-order valence-electron chi connectivity index (χ2n) is 6.14. The monoisotopic (exact) mass is 367 g/mol. The first-order chi connectivity index (χ1) is 12.5. The molecule has 0 unspecified atom stereocenters. The molecule has 2 aromatic carbocycles. The van der Waals surface area contributed by atoms with Gasteiger partial charge < -0.3 is 20.7 Å². The first kappa shape index (κ1) is 17.9. The standard InChI is InChI=1S/C20H21N3O2S/c1-12-7-6-8-14(11-12)18-17(13(2)21-20(26)23-18)19(24)22-15-9-4-5-10-16(15)25-3/h4-11,18H,1-3H3,(H,22,24)(H2,21,23,26)/t18-/m1/s1. The predicted octanol–water partition coefficient (Wildman–Crippen LogP) is 3.44. The lowest BCUT2D eigenvalue weighted by Gasteiger charge is -2.30. The van der Waals surface area contributed by atoms with E-state index in [0.29, 0.717) is 22.1 Å². The van der Waals surface area contributed by atoms with Gasteiger partial charge in [0.05, 0.1) is 24.4 Å². The van der Waals surface area contributed by atoms with E-state index in [4.69, 9.17) is 17.0 Å². The number of anilines is 1. The zero-order chi connectivity index (χ0) is 18.7.